The molecule has 1 heterocycles. The molecule has 3 nitrogen and oxygen atoms in total. The summed E-state index contributed by atoms with van der Waals surface area (Å²) in [6, 6.07) is 6.98. The van der Waals surface area contributed by atoms with Crippen LogP contribution in [-0.2, 0) is 6.18 Å². The van der Waals surface area contributed by atoms with Crippen molar-refractivity contribution < 1.29 is 53.4 Å². The van der Waals surface area contributed by atoms with Crippen LogP contribution in [0.5, 0.6) is 11.5 Å². The highest BCUT2D eigenvalue weighted by atomic mass is 19.4. The Morgan fingerprint density at radius 1 is 0.606 bits per heavy atom. The topological polar surface area (TPSA) is 31.4 Å². The molecule has 0 fully saturated rings. The van der Waals surface area contributed by atoms with Gasteiger partial charge in [-0.15, -0.1) is 26.3 Å². The van der Waals surface area contributed by atoms with Crippen LogP contribution in [0.2, 0.25) is 0 Å². The van der Waals surface area contributed by atoms with Gasteiger partial charge in [-0.3, -0.25) is 0 Å². The summed E-state index contributed by atoms with van der Waals surface area (Å²) in [5.41, 5.74) is -3.55. The van der Waals surface area contributed by atoms with E-state index in [-0.39, 0.29) is 11.1 Å². The molecule has 1 aromatic heterocycles. The number of alkyl halides is 9. The van der Waals surface area contributed by atoms with Crippen molar-refractivity contribution in [2.45, 2.75) is 18.9 Å². The van der Waals surface area contributed by atoms with Gasteiger partial charge in [0.05, 0.1) is 0 Å². The van der Waals surface area contributed by atoms with Crippen LogP contribution in [0.1, 0.15) is 5.69 Å². The summed E-state index contributed by atoms with van der Waals surface area (Å²) in [6.07, 6.45) is -15.1. The SMILES string of the molecule is Fc1c(-c2ccc(OC(F)(F)F)cc2)cc(C(F)(F)F)nc1-c1ccc(OC(F)(F)F)cc1. The molecular weight excluding hydrogens is 476 g/mol. The third-order valence-electron chi connectivity index (χ3n) is 4.01. The highest BCUT2D eigenvalue weighted by Gasteiger charge is 2.35. The van der Waals surface area contributed by atoms with E-state index >= 15 is 4.39 Å². The fraction of sp³-hybridized carbons (Fsp3) is 0.150. The molecule has 3 aromatic rings. The largest absolute Gasteiger partial charge is 0.573 e. The second-order valence-electron chi connectivity index (χ2n) is 6.36. The maximum atomic E-state index is 15.1. The van der Waals surface area contributed by atoms with Gasteiger partial charge in [0.25, 0.3) is 0 Å². The summed E-state index contributed by atoms with van der Waals surface area (Å²) in [7, 11) is 0. The number of nitrogens with zero attached hydrogens (tertiary/aromatic N) is 1. The van der Waals surface area contributed by atoms with E-state index in [9.17, 15) is 39.5 Å². The lowest BCUT2D eigenvalue weighted by Gasteiger charge is -2.15. The lowest BCUT2D eigenvalue weighted by atomic mass is 10.0. The van der Waals surface area contributed by atoms with Crippen LogP contribution in [0, 0.1) is 5.82 Å². The van der Waals surface area contributed by atoms with Crippen molar-refractivity contribution in [1.82, 2.24) is 4.98 Å². The molecule has 0 N–H and O–H groups in total. The average Bonchev–Trinajstić information content (AvgIpc) is 2.66. The lowest BCUT2D eigenvalue weighted by Crippen LogP contribution is -2.17. The van der Waals surface area contributed by atoms with Gasteiger partial charge in [0.15, 0.2) is 5.82 Å². The van der Waals surface area contributed by atoms with Gasteiger partial charge in [0.2, 0.25) is 0 Å². The molecule has 0 saturated heterocycles. The number of hydrogen-bond donors (Lipinski definition) is 0. The van der Waals surface area contributed by atoms with Gasteiger partial charge in [0.1, 0.15) is 22.9 Å². The Morgan fingerprint density at radius 3 is 1.42 bits per heavy atom. The molecule has 0 saturated carbocycles. The highest BCUT2D eigenvalue weighted by Crippen LogP contribution is 2.37. The van der Waals surface area contributed by atoms with Gasteiger partial charge in [-0.2, -0.15) is 13.2 Å². The van der Waals surface area contributed by atoms with Gasteiger partial charge >= 0.3 is 18.9 Å². The predicted octanol–water partition coefficient (Wildman–Crippen LogP) is 7.37. The molecule has 0 atom stereocenters. The summed E-state index contributed by atoms with van der Waals surface area (Å²) >= 11 is 0. The normalized spacial score (nSPS) is 12.5. The van der Waals surface area contributed by atoms with Crippen LogP contribution in [0.4, 0.5) is 43.9 Å². The Kier molecular flexibility index (Phi) is 6.18. The number of aromatic nitrogens is 1. The van der Waals surface area contributed by atoms with E-state index in [1.807, 2.05) is 0 Å². The van der Waals surface area contributed by atoms with E-state index in [1.54, 1.807) is 0 Å². The summed E-state index contributed by atoms with van der Waals surface area (Å²) < 4.78 is 136. The lowest BCUT2D eigenvalue weighted by molar-refractivity contribution is -0.275. The maximum absolute atomic E-state index is 15.1. The number of rotatable bonds is 4. The Labute approximate surface area is 178 Å². The summed E-state index contributed by atoms with van der Waals surface area (Å²) in [6.45, 7) is 0. The molecular formula is C20H9F10NO2. The Bertz CT molecular complexity index is 1040. The first-order valence-electron chi connectivity index (χ1n) is 8.62. The van der Waals surface area contributed by atoms with Crippen molar-refractivity contribution in [2.75, 3.05) is 0 Å². The van der Waals surface area contributed by atoms with E-state index in [2.05, 4.69) is 14.5 Å². The molecule has 176 valence electrons. The zero-order valence-electron chi connectivity index (χ0n) is 15.7. The molecule has 2 aromatic carbocycles. The third-order valence-corrected chi connectivity index (χ3v) is 4.01. The quantitative estimate of drug-likeness (QED) is 0.362. The van der Waals surface area contributed by atoms with Gasteiger partial charge in [-0.1, -0.05) is 12.1 Å². The molecule has 13 heteroatoms. The molecule has 0 radical (unpaired) electrons. The molecule has 0 amide bonds. The van der Waals surface area contributed by atoms with Crippen LogP contribution in [0.25, 0.3) is 22.4 Å². The third kappa shape index (κ3) is 6.26. The number of halogens is 10. The average molecular weight is 485 g/mol. The number of hydrogen-bond acceptors (Lipinski definition) is 3. The minimum absolute atomic E-state index is 0.229. The van der Waals surface area contributed by atoms with Crippen molar-refractivity contribution >= 4 is 0 Å². The minimum atomic E-state index is -5.03. The van der Waals surface area contributed by atoms with Crippen LogP contribution in [-0.4, -0.2) is 17.7 Å². The summed E-state index contributed by atoms with van der Waals surface area (Å²) in [5.74, 6) is -2.66. The van der Waals surface area contributed by atoms with Crippen LogP contribution >= 0.6 is 0 Å². The van der Waals surface area contributed by atoms with Crippen molar-refractivity contribution in [3.05, 3.63) is 66.1 Å². The Balaban J connectivity index is 2.07. The first kappa shape index (κ1) is 24.1. The van der Waals surface area contributed by atoms with Crippen molar-refractivity contribution in [3.63, 3.8) is 0 Å². The first-order chi connectivity index (χ1) is 15.1. The van der Waals surface area contributed by atoms with Crippen LogP contribution < -0.4 is 9.47 Å². The van der Waals surface area contributed by atoms with E-state index in [4.69, 9.17) is 0 Å². The smallest absolute Gasteiger partial charge is 0.406 e. The standard InChI is InChI=1S/C20H9F10NO2/c21-16-14(10-1-5-12(6-2-10)32-19(25,26)27)9-15(18(22,23)24)31-17(16)11-3-7-13(8-4-11)33-20(28,29)30/h1-9H. The first-order valence-corrected chi connectivity index (χ1v) is 8.62. The second-order valence-corrected chi connectivity index (χ2v) is 6.36. The molecule has 0 unspecified atom stereocenters. The molecule has 0 aliphatic carbocycles. The van der Waals surface area contributed by atoms with Crippen LogP contribution in [0.15, 0.2) is 54.6 Å². The fourth-order valence-corrected chi connectivity index (χ4v) is 2.73. The van der Waals surface area contributed by atoms with E-state index in [0.29, 0.717) is 6.07 Å². The molecule has 3 rings (SSSR count). The summed E-state index contributed by atoms with van der Waals surface area (Å²) in [5, 5.41) is 0. The highest BCUT2D eigenvalue weighted by molar-refractivity contribution is 5.73. The monoisotopic (exact) mass is 485 g/mol. The molecule has 33 heavy (non-hydrogen) atoms. The maximum Gasteiger partial charge on any atom is 0.573 e. The minimum Gasteiger partial charge on any atom is -0.406 e. The van der Waals surface area contributed by atoms with Gasteiger partial charge < -0.3 is 9.47 Å². The Hall–Kier alpha value is -3.51. The molecule has 0 spiro atoms. The van der Waals surface area contributed by atoms with Gasteiger partial charge in [0, 0.05) is 11.1 Å². The molecule has 0 aliphatic rings. The van der Waals surface area contributed by atoms with Gasteiger partial charge in [-0.25, -0.2) is 9.37 Å². The van der Waals surface area contributed by atoms with Crippen LogP contribution in [0.3, 0.4) is 0 Å². The zero-order chi connectivity index (χ0) is 24.6. The molecule has 0 aliphatic heterocycles. The van der Waals surface area contributed by atoms with E-state index < -0.39 is 53.2 Å². The van der Waals surface area contributed by atoms with Crippen molar-refractivity contribution in [2.24, 2.45) is 0 Å². The predicted molar refractivity (Wildman–Crippen MR) is 93.4 cm³/mol. The number of ether oxygens (including phenoxy) is 2. The van der Waals surface area contributed by atoms with Crippen molar-refractivity contribution in [1.29, 1.82) is 0 Å². The summed E-state index contributed by atoms with van der Waals surface area (Å²) in [4.78, 5) is 3.23. The second kappa shape index (κ2) is 8.45. The van der Waals surface area contributed by atoms with Gasteiger partial charge in [-0.05, 0) is 48.0 Å². The van der Waals surface area contributed by atoms with E-state index in [1.165, 1.54) is 0 Å². The number of benzene rings is 2. The molecule has 0 bridgehead atoms. The zero-order valence-corrected chi connectivity index (χ0v) is 15.7. The fourth-order valence-electron chi connectivity index (χ4n) is 2.73. The Morgan fingerprint density at radius 2 is 1.03 bits per heavy atom. The number of pyridine rings is 1. The van der Waals surface area contributed by atoms with Crippen molar-refractivity contribution in [3.8, 4) is 33.9 Å². The van der Waals surface area contributed by atoms with E-state index in [0.717, 1.165) is 48.5 Å².